The zero-order valence-corrected chi connectivity index (χ0v) is 21.7. The molecular weight excluding hydrogens is 466 g/mol. The van der Waals surface area contributed by atoms with Crippen LogP contribution in [-0.4, -0.2) is 56.6 Å². The summed E-state index contributed by atoms with van der Waals surface area (Å²) in [5.41, 5.74) is 4.49. The molecule has 3 aromatic rings. The average molecular weight is 502 g/mol. The summed E-state index contributed by atoms with van der Waals surface area (Å²) < 4.78 is 11.0. The number of rotatable bonds is 9. The van der Waals surface area contributed by atoms with E-state index in [9.17, 15) is 9.59 Å². The predicted octanol–water partition coefficient (Wildman–Crippen LogP) is 3.98. The molecule has 0 aromatic heterocycles. The Morgan fingerprint density at radius 1 is 0.946 bits per heavy atom. The second-order valence-electron chi connectivity index (χ2n) is 9.30. The zero-order valence-electron chi connectivity index (χ0n) is 21.7. The lowest BCUT2D eigenvalue weighted by molar-refractivity contribution is -0.133. The van der Waals surface area contributed by atoms with Gasteiger partial charge >= 0.3 is 0 Å². The van der Waals surface area contributed by atoms with Crippen molar-refractivity contribution >= 4 is 11.8 Å². The summed E-state index contributed by atoms with van der Waals surface area (Å²) in [7, 11) is 3.36. The number of likely N-dealkylation sites (tertiary alicyclic amines) is 1. The van der Waals surface area contributed by atoms with Gasteiger partial charge in [0, 0.05) is 44.1 Å². The number of benzene rings is 3. The summed E-state index contributed by atoms with van der Waals surface area (Å²) in [6.07, 6.45) is 0.811. The minimum atomic E-state index is -0.199. The van der Waals surface area contributed by atoms with Crippen LogP contribution in [0.4, 0.5) is 0 Å². The van der Waals surface area contributed by atoms with Crippen LogP contribution in [0.2, 0.25) is 0 Å². The molecule has 2 N–H and O–H groups in total. The third-order valence-corrected chi connectivity index (χ3v) is 6.94. The first-order valence-corrected chi connectivity index (χ1v) is 12.6. The zero-order chi connectivity index (χ0) is 26.2. The highest BCUT2D eigenvalue weighted by Gasteiger charge is 2.32. The summed E-state index contributed by atoms with van der Waals surface area (Å²) in [4.78, 5) is 25.9. The summed E-state index contributed by atoms with van der Waals surface area (Å²) in [5, 5.41) is 6.39. The number of ether oxygens (including phenoxy) is 2. The molecule has 2 unspecified atom stereocenters. The minimum absolute atomic E-state index is 0.0320. The number of hydrogen-bond acceptors (Lipinski definition) is 5. The molecule has 1 aliphatic rings. The van der Waals surface area contributed by atoms with Gasteiger partial charge in [0.15, 0.2) is 0 Å². The molecule has 1 fully saturated rings. The molecule has 0 radical (unpaired) electrons. The third kappa shape index (κ3) is 6.68. The van der Waals surface area contributed by atoms with Crippen molar-refractivity contribution in [2.24, 2.45) is 0 Å². The van der Waals surface area contributed by atoms with Crippen molar-refractivity contribution in [2.75, 3.05) is 33.9 Å². The summed E-state index contributed by atoms with van der Waals surface area (Å²) >= 11 is 0. The first-order chi connectivity index (χ1) is 18.0. The minimum Gasteiger partial charge on any atom is -0.497 e. The molecule has 3 aromatic carbocycles. The van der Waals surface area contributed by atoms with Gasteiger partial charge in [-0.3, -0.25) is 9.59 Å². The second kappa shape index (κ2) is 12.4. The molecule has 0 saturated carbocycles. The Kier molecular flexibility index (Phi) is 8.80. The molecule has 2 amide bonds. The standard InChI is InChI=1S/C30H35N3O4/c1-21(34)31-19-30(35)33-16-15-28(27(20-33)23-7-5-4-6-8-23)32-18-25-17-24(11-14-29(25)37-3)22-9-12-26(36-2)13-10-22/h4-14,17,27-28,32H,15-16,18-20H2,1-3H3,(H,31,34). The number of methoxy groups -OCH3 is 2. The third-order valence-electron chi connectivity index (χ3n) is 6.94. The van der Waals surface area contributed by atoms with Gasteiger partial charge < -0.3 is 25.0 Å². The lowest BCUT2D eigenvalue weighted by Crippen LogP contribution is -2.51. The molecule has 4 rings (SSSR count). The van der Waals surface area contributed by atoms with Gasteiger partial charge in [0.25, 0.3) is 0 Å². The Hall–Kier alpha value is -3.84. The number of carbonyl (C=O) groups is 2. The molecule has 194 valence electrons. The summed E-state index contributed by atoms with van der Waals surface area (Å²) in [5.74, 6) is 1.54. The Morgan fingerprint density at radius 3 is 2.35 bits per heavy atom. The molecule has 7 nitrogen and oxygen atoms in total. The lowest BCUT2D eigenvalue weighted by Gasteiger charge is -2.39. The molecule has 37 heavy (non-hydrogen) atoms. The fraction of sp³-hybridized carbons (Fsp3) is 0.333. The highest BCUT2D eigenvalue weighted by atomic mass is 16.5. The Labute approximate surface area is 218 Å². The van der Waals surface area contributed by atoms with Crippen LogP contribution in [0.3, 0.4) is 0 Å². The van der Waals surface area contributed by atoms with Crippen LogP contribution in [0.25, 0.3) is 11.1 Å². The van der Waals surface area contributed by atoms with E-state index in [4.69, 9.17) is 9.47 Å². The predicted molar refractivity (Wildman–Crippen MR) is 145 cm³/mol. The van der Waals surface area contributed by atoms with Gasteiger partial charge in [0.2, 0.25) is 11.8 Å². The van der Waals surface area contributed by atoms with Crippen LogP contribution in [0.1, 0.15) is 30.4 Å². The number of nitrogens with zero attached hydrogens (tertiary/aromatic N) is 1. The summed E-state index contributed by atoms with van der Waals surface area (Å²) in [6.45, 7) is 3.34. The van der Waals surface area contributed by atoms with Crippen molar-refractivity contribution in [3.05, 3.63) is 83.9 Å². The van der Waals surface area contributed by atoms with Crippen molar-refractivity contribution in [1.82, 2.24) is 15.5 Å². The van der Waals surface area contributed by atoms with E-state index < -0.39 is 0 Å². The van der Waals surface area contributed by atoms with Crippen molar-refractivity contribution < 1.29 is 19.1 Å². The van der Waals surface area contributed by atoms with Crippen LogP contribution < -0.4 is 20.1 Å². The first-order valence-electron chi connectivity index (χ1n) is 12.6. The Balaban J connectivity index is 1.51. The van der Waals surface area contributed by atoms with Gasteiger partial charge in [-0.05, 0) is 47.4 Å². The van der Waals surface area contributed by atoms with Crippen LogP contribution in [0.5, 0.6) is 11.5 Å². The second-order valence-corrected chi connectivity index (χ2v) is 9.30. The van der Waals surface area contributed by atoms with Crippen molar-refractivity contribution in [3.63, 3.8) is 0 Å². The molecule has 1 aliphatic heterocycles. The maximum Gasteiger partial charge on any atom is 0.241 e. The molecule has 1 saturated heterocycles. The van der Waals surface area contributed by atoms with E-state index in [1.54, 1.807) is 14.2 Å². The van der Waals surface area contributed by atoms with E-state index in [1.165, 1.54) is 12.5 Å². The molecular formula is C30H35N3O4. The monoisotopic (exact) mass is 501 g/mol. The average Bonchev–Trinajstić information content (AvgIpc) is 2.95. The molecule has 0 aliphatic carbocycles. The van der Waals surface area contributed by atoms with Gasteiger partial charge in [-0.2, -0.15) is 0 Å². The van der Waals surface area contributed by atoms with Gasteiger partial charge in [0.1, 0.15) is 11.5 Å². The number of hydrogen-bond donors (Lipinski definition) is 2. The molecule has 0 bridgehead atoms. The van der Waals surface area contributed by atoms with E-state index in [2.05, 4.69) is 47.0 Å². The maximum atomic E-state index is 12.7. The maximum absolute atomic E-state index is 12.7. The van der Waals surface area contributed by atoms with E-state index in [0.29, 0.717) is 19.6 Å². The quantitative estimate of drug-likeness (QED) is 0.464. The smallest absolute Gasteiger partial charge is 0.241 e. The van der Waals surface area contributed by atoms with E-state index >= 15 is 0 Å². The van der Waals surface area contributed by atoms with Gasteiger partial charge in [0.05, 0.1) is 20.8 Å². The fourth-order valence-corrected chi connectivity index (χ4v) is 4.89. The van der Waals surface area contributed by atoms with Crippen molar-refractivity contribution in [3.8, 4) is 22.6 Å². The topological polar surface area (TPSA) is 79.9 Å². The Bertz CT molecular complexity index is 1200. The first kappa shape index (κ1) is 26.2. The molecule has 7 heteroatoms. The lowest BCUT2D eigenvalue weighted by atomic mass is 9.85. The fourth-order valence-electron chi connectivity index (χ4n) is 4.89. The SMILES string of the molecule is COc1ccc(-c2ccc(OC)c(CNC3CCN(C(=O)CNC(C)=O)CC3c3ccccc3)c2)cc1. The van der Waals surface area contributed by atoms with Gasteiger partial charge in [-0.15, -0.1) is 0 Å². The largest absolute Gasteiger partial charge is 0.497 e. The Morgan fingerprint density at radius 2 is 1.68 bits per heavy atom. The number of nitrogens with one attached hydrogen (secondary N) is 2. The molecule has 1 heterocycles. The van der Waals surface area contributed by atoms with Crippen LogP contribution in [0.15, 0.2) is 72.8 Å². The van der Waals surface area contributed by atoms with Crippen LogP contribution in [0, 0.1) is 0 Å². The van der Waals surface area contributed by atoms with E-state index in [1.807, 2.05) is 41.3 Å². The van der Waals surface area contributed by atoms with E-state index in [-0.39, 0.29) is 30.3 Å². The number of amides is 2. The summed E-state index contributed by atoms with van der Waals surface area (Å²) in [6, 6.07) is 24.8. The van der Waals surface area contributed by atoms with Crippen LogP contribution >= 0.6 is 0 Å². The highest BCUT2D eigenvalue weighted by molar-refractivity contribution is 5.83. The van der Waals surface area contributed by atoms with Crippen molar-refractivity contribution in [1.29, 1.82) is 0 Å². The van der Waals surface area contributed by atoms with Crippen LogP contribution in [-0.2, 0) is 16.1 Å². The highest BCUT2D eigenvalue weighted by Crippen LogP contribution is 2.31. The molecule has 2 atom stereocenters. The van der Waals surface area contributed by atoms with Gasteiger partial charge in [-0.25, -0.2) is 0 Å². The van der Waals surface area contributed by atoms with E-state index in [0.717, 1.165) is 34.6 Å². The van der Waals surface area contributed by atoms with Gasteiger partial charge in [-0.1, -0.05) is 48.5 Å². The number of piperidine rings is 1. The normalized spacial score (nSPS) is 17.2. The van der Waals surface area contributed by atoms with Crippen molar-refractivity contribution in [2.45, 2.75) is 31.8 Å². The number of carbonyl (C=O) groups excluding carboxylic acids is 2. The molecule has 0 spiro atoms.